The molecular weight excluding hydrogens is 364 g/mol. The molecule has 0 radical (unpaired) electrons. The van der Waals surface area contributed by atoms with Gasteiger partial charge in [-0.05, 0) is 127 Å². The summed E-state index contributed by atoms with van der Waals surface area (Å²) in [7, 11) is 0. The van der Waals surface area contributed by atoms with Crippen molar-refractivity contribution in [1.29, 1.82) is 0 Å². The van der Waals surface area contributed by atoms with Gasteiger partial charge in [0.1, 0.15) is 11.5 Å². The van der Waals surface area contributed by atoms with Crippen LogP contribution in [0.2, 0.25) is 0 Å². The zero-order chi connectivity index (χ0) is 19.9. The summed E-state index contributed by atoms with van der Waals surface area (Å²) in [5.41, 5.74) is 5.60. The fraction of sp³-hybridized carbons (Fsp3) is 0.586. The van der Waals surface area contributed by atoms with E-state index < -0.39 is 0 Å². The number of hydrogen-bond acceptors (Lipinski definition) is 1. The van der Waals surface area contributed by atoms with Gasteiger partial charge in [-0.1, -0.05) is 36.8 Å². The first-order valence-corrected chi connectivity index (χ1v) is 12.3. The second kappa shape index (κ2) is 4.84. The highest BCUT2D eigenvalue weighted by molar-refractivity contribution is 5.43. The summed E-state index contributed by atoms with van der Waals surface area (Å²) in [4.78, 5) is 0. The molecule has 154 valence electrons. The summed E-state index contributed by atoms with van der Waals surface area (Å²) in [6, 6.07) is 17.7. The van der Waals surface area contributed by atoms with E-state index in [2.05, 4.69) is 62.4 Å². The Bertz CT molecular complexity index is 1010. The Labute approximate surface area is 180 Å². The van der Waals surface area contributed by atoms with Crippen LogP contribution in [0, 0.1) is 46.8 Å². The van der Waals surface area contributed by atoms with E-state index in [1.54, 1.807) is 31.2 Å². The highest BCUT2D eigenvalue weighted by atomic mass is 16.5. The lowest BCUT2D eigenvalue weighted by molar-refractivity contribution is -0.409. The third kappa shape index (κ3) is 1.73. The topological polar surface area (TPSA) is 9.23 Å². The van der Waals surface area contributed by atoms with E-state index in [1.807, 2.05) is 0 Å². The Balaban J connectivity index is 1.12. The van der Waals surface area contributed by atoms with Crippen molar-refractivity contribution >= 4 is 0 Å². The Kier molecular flexibility index (Phi) is 2.72. The zero-order valence-corrected chi connectivity index (χ0v) is 18.3. The van der Waals surface area contributed by atoms with Gasteiger partial charge in [0.05, 0.1) is 0 Å². The SMILES string of the molecule is Cc1ccc(Oc2ccc(C34CC5C6CC7(C)CC58CC(C7)(C6C3)C8C4)cc2)cc1. The lowest BCUT2D eigenvalue weighted by Crippen LogP contribution is -2.84. The summed E-state index contributed by atoms with van der Waals surface area (Å²) in [5, 5.41) is 0. The van der Waals surface area contributed by atoms with E-state index in [0.717, 1.165) is 46.0 Å². The van der Waals surface area contributed by atoms with Crippen LogP contribution in [0.4, 0.5) is 0 Å². The van der Waals surface area contributed by atoms with Crippen LogP contribution in [0.3, 0.4) is 0 Å². The number of ether oxygens (including phenoxy) is 1. The second-order valence-electron chi connectivity index (χ2n) is 12.8. The number of hydrogen-bond donors (Lipinski definition) is 0. The van der Waals surface area contributed by atoms with Crippen LogP contribution < -0.4 is 4.74 Å². The minimum absolute atomic E-state index is 0.470. The molecule has 0 N–H and O–H groups in total. The molecule has 9 saturated carbocycles. The van der Waals surface area contributed by atoms with Gasteiger partial charge in [-0.3, -0.25) is 0 Å². The highest BCUT2D eigenvalue weighted by Gasteiger charge is 2.86. The van der Waals surface area contributed by atoms with Crippen molar-refractivity contribution in [2.24, 2.45) is 39.9 Å². The van der Waals surface area contributed by atoms with Gasteiger partial charge in [0, 0.05) is 0 Å². The van der Waals surface area contributed by atoms with Crippen LogP contribution in [0.5, 0.6) is 11.5 Å². The molecular formula is C29H32O. The van der Waals surface area contributed by atoms with Gasteiger partial charge >= 0.3 is 0 Å². The van der Waals surface area contributed by atoms with Crippen LogP contribution in [0.15, 0.2) is 48.5 Å². The van der Waals surface area contributed by atoms with E-state index in [1.165, 1.54) is 24.8 Å². The van der Waals surface area contributed by atoms with Crippen molar-refractivity contribution in [3.05, 3.63) is 59.7 Å². The molecule has 11 rings (SSSR count). The molecule has 4 unspecified atom stereocenters. The van der Waals surface area contributed by atoms with Gasteiger partial charge in [0.2, 0.25) is 0 Å². The number of benzene rings is 2. The molecule has 9 fully saturated rings. The van der Waals surface area contributed by atoms with Crippen molar-refractivity contribution in [3.63, 3.8) is 0 Å². The molecule has 8 bridgehead atoms. The molecule has 2 aromatic rings. The fourth-order valence-electron chi connectivity index (χ4n) is 11.1. The van der Waals surface area contributed by atoms with Crippen LogP contribution in [-0.4, -0.2) is 0 Å². The van der Waals surface area contributed by atoms with Crippen molar-refractivity contribution < 1.29 is 4.74 Å². The molecule has 2 spiro atoms. The van der Waals surface area contributed by atoms with Crippen molar-refractivity contribution in [3.8, 4) is 11.5 Å². The Morgan fingerprint density at radius 2 is 1.33 bits per heavy atom. The molecule has 2 aromatic carbocycles. The van der Waals surface area contributed by atoms with E-state index in [0.29, 0.717) is 10.8 Å². The number of aryl methyl sites for hydroxylation is 1. The molecule has 1 nitrogen and oxygen atoms in total. The van der Waals surface area contributed by atoms with Gasteiger partial charge in [0.15, 0.2) is 0 Å². The average molecular weight is 397 g/mol. The third-order valence-corrected chi connectivity index (χ3v) is 11.3. The maximum Gasteiger partial charge on any atom is 0.127 e. The maximum absolute atomic E-state index is 6.12. The lowest BCUT2D eigenvalue weighted by atomic mass is 9.14. The summed E-state index contributed by atoms with van der Waals surface area (Å²) in [6.45, 7) is 4.76. The molecule has 0 aromatic heterocycles. The first-order valence-electron chi connectivity index (χ1n) is 12.3. The number of rotatable bonds is 3. The van der Waals surface area contributed by atoms with E-state index in [-0.39, 0.29) is 0 Å². The van der Waals surface area contributed by atoms with Crippen LogP contribution in [0.1, 0.15) is 63.0 Å². The molecule has 30 heavy (non-hydrogen) atoms. The summed E-state index contributed by atoms with van der Waals surface area (Å²) in [6.07, 6.45) is 10.8. The normalized spacial score (nSPS) is 50.6. The average Bonchev–Trinajstić information content (AvgIpc) is 2.72. The van der Waals surface area contributed by atoms with Crippen molar-refractivity contribution in [2.75, 3.05) is 0 Å². The smallest absolute Gasteiger partial charge is 0.127 e. The summed E-state index contributed by atoms with van der Waals surface area (Å²) >= 11 is 0. The van der Waals surface area contributed by atoms with Crippen LogP contribution >= 0.6 is 0 Å². The predicted molar refractivity (Wildman–Crippen MR) is 119 cm³/mol. The van der Waals surface area contributed by atoms with Gasteiger partial charge in [-0.25, -0.2) is 0 Å². The Morgan fingerprint density at radius 1 is 0.733 bits per heavy atom. The molecule has 4 atom stereocenters. The van der Waals surface area contributed by atoms with Gasteiger partial charge < -0.3 is 4.74 Å². The Morgan fingerprint density at radius 3 is 1.97 bits per heavy atom. The zero-order valence-electron chi connectivity index (χ0n) is 18.3. The molecule has 0 amide bonds. The monoisotopic (exact) mass is 396 g/mol. The molecule has 0 saturated heterocycles. The molecule has 0 heterocycles. The quantitative estimate of drug-likeness (QED) is 0.529. The van der Waals surface area contributed by atoms with Crippen molar-refractivity contribution in [2.45, 2.75) is 64.2 Å². The van der Waals surface area contributed by atoms with Crippen LogP contribution in [-0.2, 0) is 5.41 Å². The van der Waals surface area contributed by atoms with E-state index >= 15 is 0 Å². The predicted octanol–water partition coefficient (Wildman–Crippen LogP) is 7.28. The van der Waals surface area contributed by atoms with Gasteiger partial charge in [-0.15, -0.1) is 0 Å². The van der Waals surface area contributed by atoms with E-state index in [9.17, 15) is 0 Å². The second-order valence-corrected chi connectivity index (χ2v) is 12.8. The maximum atomic E-state index is 6.12. The Hall–Kier alpha value is -1.76. The molecule has 1 heteroatoms. The van der Waals surface area contributed by atoms with Crippen molar-refractivity contribution in [1.82, 2.24) is 0 Å². The first-order chi connectivity index (χ1) is 14.4. The standard InChI is InChI=1S/C29H32O/c1-18-3-7-20(8-4-18)30-21-9-5-19(6-10-21)27-12-23-22-11-26(2)15-28(23)17-29(16-26,24(22)13-27)25(28)14-27/h3-10,22-25H,11-17H2,1-2H3. The molecule has 9 aliphatic carbocycles. The minimum Gasteiger partial charge on any atom is -0.457 e. The highest BCUT2D eigenvalue weighted by Crippen LogP contribution is 2.93. The van der Waals surface area contributed by atoms with Gasteiger partial charge in [0.25, 0.3) is 0 Å². The largest absolute Gasteiger partial charge is 0.457 e. The van der Waals surface area contributed by atoms with E-state index in [4.69, 9.17) is 4.74 Å². The van der Waals surface area contributed by atoms with Crippen LogP contribution in [0.25, 0.3) is 0 Å². The minimum atomic E-state index is 0.470. The molecule has 9 aliphatic rings. The molecule has 0 aliphatic heterocycles. The lowest BCUT2D eigenvalue weighted by Gasteiger charge is -2.90. The summed E-state index contributed by atoms with van der Waals surface area (Å²) in [5.74, 6) is 6.10. The fourth-order valence-corrected chi connectivity index (χ4v) is 11.1. The van der Waals surface area contributed by atoms with Gasteiger partial charge in [-0.2, -0.15) is 0 Å². The third-order valence-electron chi connectivity index (χ3n) is 11.3. The first kappa shape index (κ1) is 16.9. The summed E-state index contributed by atoms with van der Waals surface area (Å²) < 4.78 is 6.12.